The molecule has 1 amide bonds. The lowest BCUT2D eigenvalue weighted by atomic mass is 10.1. The average Bonchev–Trinajstić information content (AvgIpc) is 2.84. The summed E-state index contributed by atoms with van der Waals surface area (Å²) in [5.41, 5.74) is 1.25. The summed E-state index contributed by atoms with van der Waals surface area (Å²) in [7, 11) is 0. The Hall–Kier alpha value is -2.51. The molecular formula is C26H24Cl2F2N2O2. The van der Waals surface area contributed by atoms with Crippen molar-refractivity contribution in [3.05, 3.63) is 105 Å². The number of hydrogen-bond acceptors (Lipinski definition) is 3. The van der Waals surface area contributed by atoms with E-state index in [1.807, 2.05) is 12.1 Å². The molecule has 178 valence electrons. The van der Waals surface area contributed by atoms with Crippen LogP contribution in [0.4, 0.5) is 8.78 Å². The van der Waals surface area contributed by atoms with Crippen LogP contribution in [0.25, 0.3) is 0 Å². The van der Waals surface area contributed by atoms with Gasteiger partial charge < -0.3 is 9.64 Å². The summed E-state index contributed by atoms with van der Waals surface area (Å²) in [5, 5.41) is 1.03. The van der Waals surface area contributed by atoms with E-state index in [2.05, 4.69) is 4.90 Å². The highest BCUT2D eigenvalue weighted by Gasteiger charge is 2.26. The number of hydrogen-bond donors (Lipinski definition) is 0. The molecule has 0 aliphatic carbocycles. The molecule has 1 unspecified atom stereocenters. The van der Waals surface area contributed by atoms with Crippen molar-refractivity contribution in [3.8, 4) is 0 Å². The van der Waals surface area contributed by atoms with Gasteiger partial charge in [0.1, 0.15) is 11.6 Å². The first-order valence-corrected chi connectivity index (χ1v) is 11.7. The minimum absolute atomic E-state index is 0.0919. The van der Waals surface area contributed by atoms with Crippen LogP contribution in [0.2, 0.25) is 10.0 Å². The zero-order valence-electron chi connectivity index (χ0n) is 18.4. The summed E-state index contributed by atoms with van der Waals surface area (Å²) in [4.78, 5) is 16.8. The minimum atomic E-state index is -0.637. The quantitative estimate of drug-likeness (QED) is 0.396. The Morgan fingerprint density at radius 3 is 2.18 bits per heavy atom. The van der Waals surface area contributed by atoms with Gasteiger partial charge in [0.25, 0.3) is 5.91 Å². The first-order valence-electron chi connectivity index (χ1n) is 11.0. The summed E-state index contributed by atoms with van der Waals surface area (Å²) < 4.78 is 34.2. The second kappa shape index (κ2) is 11.3. The number of carbonyl (C=O) groups excluding carboxylic acids is 1. The van der Waals surface area contributed by atoms with Gasteiger partial charge in [-0.1, -0.05) is 53.5 Å². The largest absolute Gasteiger partial charge is 0.367 e. The number of carbonyl (C=O) groups is 1. The van der Waals surface area contributed by atoms with E-state index in [9.17, 15) is 13.6 Å². The van der Waals surface area contributed by atoms with Gasteiger partial charge in [-0.3, -0.25) is 9.69 Å². The second-order valence-electron chi connectivity index (χ2n) is 8.12. The van der Waals surface area contributed by atoms with Crippen molar-refractivity contribution in [3.63, 3.8) is 0 Å². The van der Waals surface area contributed by atoms with Crippen LogP contribution in [0.1, 0.15) is 27.6 Å². The molecule has 1 aliphatic rings. The summed E-state index contributed by atoms with van der Waals surface area (Å²) in [6, 6.07) is 18.0. The van der Waals surface area contributed by atoms with Gasteiger partial charge in [0.05, 0.1) is 23.3 Å². The molecule has 34 heavy (non-hydrogen) atoms. The van der Waals surface area contributed by atoms with Crippen molar-refractivity contribution >= 4 is 29.1 Å². The molecule has 3 aromatic carbocycles. The standard InChI is InChI=1S/C26H24Cl2F2N2O2/c27-19-10-8-18(9-11-19)25(34-17-21-23(29)6-3-7-24(21)30)16-31-12-14-32(15-13-31)26(33)20-4-1-2-5-22(20)28/h1-11,25H,12-17H2. The molecule has 0 N–H and O–H groups in total. The number of benzene rings is 3. The molecular weight excluding hydrogens is 481 g/mol. The first kappa shape index (κ1) is 24.6. The summed E-state index contributed by atoms with van der Waals surface area (Å²) in [5.74, 6) is -1.37. The van der Waals surface area contributed by atoms with Crippen molar-refractivity contribution in [1.82, 2.24) is 9.80 Å². The summed E-state index contributed by atoms with van der Waals surface area (Å²) in [6.07, 6.45) is -0.429. The highest BCUT2D eigenvalue weighted by Crippen LogP contribution is 2.25. The Morgan fingerprint density at radius 2 is 1.53 bits per heavy atom. The van der Waals surface area contributed by atoms with Crippen molar-refractivity contribution < 1.29 is 18.3 Å². The Bertz CT molecular complexity index is 1120. The predicted molar refractivity (Wildman–Crippen MR) is 129 cm³/mol. The van der Waals surface area contributed by atoms with Crippen LogP contribution < -0.4 is 0 Å². The second-order valence-corrected chi connectivity index (χ2v) is 8.97. The van der Waals surface area contributed by atoms with Crippen LogP contribution in [0.15, 0.2) is 66.7 Å². The lowest BCUT2D eigenvalue weighted by molar-refractivity contribution is 0.00145. The van der Waals surface area contributed by atoms with Crippen molar-refractivity contribution in [2.45, 2.75) is 12.7 Å². The highest BCUT2D eigenvalue weighted by molar-refractivity contribution is 6.33. The molecule has 0 aromatic heterocycles. The molecule has 1 heterocycles. The third-order valence-corrected chi connectivity index (χ3v) is 6.50. The SMILES string of the molecule is O=C(c1ccccc1Cl)N1CCN(CC(OCc2c(F)cccc2F)c2ccc(Cl)cc2)CC1. The number of halogens is 4. The Balaban J connectivity index is 1.42. The Morgan fingerprint density at radius 1 is 0.882 bits per heavy atom. The highest BCUT2D eigenvalue weighted by atomic mass is 35.5. The van der Waals surface area contributed by atoms with Crippen molar-refractivity contribution in [2.75, 3.05) is 32.7 Å². The first-order chi connectivity index (χ1) is 16.4. The zero-order valence-corrected chi connectivity index (χ0v) is 19.9. The average molecular weight is 505 g/mol. The number of ether oxygens (including phenoxy) is 1. The summed E-state index contributed by atoms with van der Waals surface area (Å²) in [6.45, 7) is 2.66. The number of rotatable bonds is 7. The fourth-order valence-corrected chi connectivity index (χ4v) is 4.30. The lowest BCUT2D eigenvalue weighted by Gasteiger charge is -2.36. The molecule has 8 heteroatoms. The lowest BCUT2D eigenvalue weighted by Crippen LogP contribution is -2.49. The molecule has 1 saturated heterocycles. The van der Waals surface area contributed by atoms with Gasteiger partial charge >= 0.3 is 0 Å². The van der Waals surface area contributed by atoms with Gasteiger partial charge in [-0.15, -0.1) is 0 Å². The maximum Gasteiger partial charge on any atom is 0.255 e. The van der Waals surface area contributed by atoms with E-state index in [4.69, 9.17) is 27.9 Å². The normalized spacial score (nSPS) is 15.4. The molecule has 0 spiro atoms. The van der Waals surface area contributed by atoms with E-state index in [1.54, 1.807) is 41.3 Å². The number of piperazine rings is 1. The molecule has 0 radical (unpaired) electrons. The van der Waals surface area contributed by atoms with Gasteiger partial charge in [-0.25, -0.2) is 8.78 Å². The van der Waals surface area contributed by atoms with Crippen LogP contribution in [0.3, 0.4) is 0 Å². The van der Waals surface area contributed by atoms with Gasteiger partial charge in [-0.2, -0.15) is 0 Å². The number of nitrogens with zero attached hydrogens (tertiary/aromatic N) is 2. The van der Waals surface area contributed by atoms with Gasteiger partial charge in [0, 0.05) is 43.3 Å². The van der Waals surface area contributed by atoms with Crippen molar-refractivity contribution in [1.29, 1.82) is 0 Å². The van der Waals surface area contributed by atoms with Crippen LogP contribution in [0.5, 0.6) is 0 Å². The minimum Gasteiger partial charge on any atom is -0.367 e. The van der Waals surface area contributed by atoms with Crippen LogP contribution in [-0.2, 0) is 11.3 Å². The van der Waals surface area contributed by atoms with E-state index >= 15 is 0 Å². The summed E-state index contributed by atoms with van der Waals surface area (Å²) >= 11 is 12.2. The molecule has 1 fully saturated rings. The topological polar surface area (TPSA) is 32.8 Å². The van der Waals surface area contributed by atoms with Crippen LogP contribution >= 0.6 is 23.2 Å². The molecule has 4 rings (SSSR count). The van der Waals surface area contributed by atoms with Gasteiger partial charge in [-0.05, 0) is 42.0 Å². The predicted octanol–water partition coefficient (Wildman–Crippen LogP) is 5.99. The Labute approximate surface area is 207 Å². The van der Waals surface area contributed by atoms with Gasteiger partial charge in [0.15, 0.2) is 0 Å². The van der Waals surface area contributed by atoms with Crippen LogP contribution in [-0.4, -0.2) is 48.4 Å². The third-order valence-electron chi connectivity index (χ3n) is 5.92. The monoisotopic (exact) mass is 504 g/mol. The molecule has 0 bridgehead atoms. The van der Waals surface area contributed by atoms with E-state index in [0.29, 0.717) is 48.3 Å². The molecule has 3 aromatic rings. The molecule has 1 aliphatic heterocycles. The molecule has 0 saturated carbocycles. The van der Waals surface area contributed by atoms with E-state index in [-0.39, 0.29) is 18.1 Å². The molecule has 1 atom stereocenters. The Kier molecular flexibility index (Phi) is 8.16. The van der Waals surface area contributed by atoms with E-state index in [1.165, 1.54) is 18.2 Å². The fourth-order valence-electron chi connectivity index (χ4n) is 3.96. The maximum atomic E-state index is 14.1. The van der Waals surface area contributed by atoms with E-state index in [0.717, 1.165) is 5.56 Å². The number of amides is 1. The van der Waals surface area contributed by atoms with E-state index < -0.39 is 17.7 Å². The van der Waals surface area contributed by atoms with Gasteiger partial charge in [0.2, 0.25) is 0 Å². The van der Waals surface area contributed by atoms with Crippen molar-refractivity contribution in [2.24, 2.45) is 0 Å². The zero-order chi connectivity index (χ0) is 24.1. The maximum absolute atomic E-state index is 14.1. The molecule has 4 nitrogen and oxygen atoms in total. The smallest absolute Gasteiger partial charge is 0.255 e. The fraction of sp³-hybridized carbons (Fsp3) is 0.269. The third kappa shape index (κ3) is 5.94. The van der Waals surface area contributed by atoms with Crippen LogP contribution in [0, 0.1) is 11.6 Å².